The third-order valence-electron chi connectivity index (χ3n) is 4.13. The first-order chi connectivity index (χ1) is 12.1. The summed E-state index contributed by atoms with van der Waals surface area (Å²) >= 11 is 0. The van der Waals surface area contributed by atoms with Crippen LogP contribution in [0.4, 0.5) is 11.4 Å². The van der Waals surface area contributed by atoms with E-state index in [4.69, 9.17) is 4.74 Å². The predicted molar refractivity (Wildman–Crippen MR) is 108 cm³/mol. The van der Waals surface area contributed by atoms with Crippen LogP contribution < -0.4 is 10.1 Å². The molecular formula is C23H23NO. The van der Waals surface area contributed by atoms with Gasteiger partial charge in [-0.15, -0.1) is 0 Å². The second kappa shape index (κ2) is 7.71. The zero-order valence-electron chi connectivity index (χ0n) is 14.9. The average molecular weight is 329 g/mol. The monoisotopic (exact) mass is 329 g/mol. The van der Waals surface area contributed by atoms with E-state index in [9.17, 15) is 0 Å². The van der Waals surface area contributed by atoms with E-state index in [1.54, 1.807) is 7.11 Å². The maximum Gasteiger partial charge on any atom is 0.119 e. The maximum absolute atomic E-state index is 5.25. The summed E-state index contributed by atoms with van der Waals surface area (Å²) in [6, 6.07) is 22.9. The fourth-order valence-corrected chi connectivity index (χ4v) is 2.72. The van der Waals surface area contributed by atoms with Crippen LogP contribution in [0.15, 0.2) is 66.7 Å². The van der Waals surface area contributed by atoms with E-state index in [-0.39, 0.29) is 0 Å². The molecule has 0 aliphatic carbocycles. The van der Waals surface area contributed by atoms with Gasteiger partial charge in [-0.2, -0.15) is 0 Å². The number of hydrogen-bond donors (Lipinski definition) is 1. The molecule has 0 amide bonds. The van der Waals surface area contributed by atoms with Gasteiger partial charge in [0.05, 0.1) is 7.11 Å². The molecule has 0 atom stereocenters. The van der Waals surface area contributed by atoms with Crippen LogP contribution in [0.5, 0.6) is 5.75 Å². The van der Waals surface area contributed by atoms with Crippen LogP contribution in [0.25, 0.3) is 12.2 Å². The number of benzene rings is 3. The largest absolute Gasteiger partial charge is 0.497 e. The normalized spacial score (nSPS) is 10.8. The molecule has 0 saturated carbocycles. The number of aryl methyl sites for hydroxylation is 2. The molecule has 0 fully saturated rings. The molecule has 0 bridgehead atoms. The summed E-state index contributed by atoms with van der Waals surface area (Å²) in [5, 5.41) is 3.47. The molecule has 0 heterocycles. The molecule has 25 heavy (non-hydrogen) atoms. The molecule has 0 aliphatic heterocycles. The molecular weight excluding hydrogens is 306 g/mol. The fourth-order valence-electron chi connectivity index (χ4n) is 2.72. The van der Waals surface area contributed by atoms with Crippen molar-refractivity contribution in [3.8, 4) is 5.75 Å². The van der Waals surface area contributed by atoms with Crippen molar-refractivity contribution in [2.45, 2.75) is 13.8 Å². The lowest BCUT2D eigenvalue weighted by Crippen LogP contribution is -1.93. The summed E-state index contributed by atoms with van der Waals surface area (Å²) in [5.41, 5.74) is 7.05. The molecule has 3 rings (SSSR count). The number of anilines is 2. The molecule has 3 aromatic carbocycles. The van der Waals surface area contributed by atoms with Gasteiger partial charge < -0.3 is 10.1 Å². The molecule has 0 radical (unpaired) electrons. The highest BCUT2D eigenvalue weighted by molar-refractivity contribution is 5.72. The molecule has 126 valence electrons. The molecule has 2 nitrogen and oxygen atoms in total. The SMILES string of the molecule is COc1cccc(/C=C/c2ccc(Nc3ccc(C)cc3C)cc2)c1. The highest BCUT2D eigenvalue weighted by Gasteiger charge is 1.99. The van der Waals surface area contributed by atoms with Crippen molar-refractivity contribution in [2.24, 2.45) is 0 Å². The van der Waals surface area contributed by atoms with Crippen molar-refractivity contribution in [1.82, 2.24) is 0 Å². The summed E-state index contributed by atoms with van der Waals surface area (Å²) in [4.78, 5) is 0. The van der Waals surface area contributed by atoms with E-state index in [2.05, 4.69) is 79.8 Å². The van der Waals surface area contributed by atoms with E-state index in [0.717, 1.165) is 28.3 Å². The van der Waals surface area contributed by atoms with Crippen LogP contribution in [0, 0.1) is 13.8 Å². The van der Waals surface area contributed by atoms with E-state index in [1.165, 1.54) is 11.1 Å². The van der Waals surface area contributed by atoms with Crippen LogP contribution >= 0.6 is 0 Å². The molecule has 0 aromatic heterocycles. The Morgan fingerprint density at radius 1 is 0.800 bits per heavy atom. The van der Waals surface area contributed by atoms with Gasteiger partial charge in [-0.1, -0.05) is 54.1 Å². The molecule has 0 spiro atoms. The third-order valence-corrected chi connectivity index (χ3v) is 4.13. The Hall–Kier alpha value is -3.00. The van der Waals surface area contributed by atoms with Crippen molar-refractivity contribution >= 4 is 23.5 Å². The zero-order chi connectivity index (χ0) is 17.6. The van der Waals surface area contributed by atoms with Gasteiger partial charge in [0.2, 0.25) is 0 Å². The Morgan fingerprint density at radius 3 is 2.28 bits per heavy atom. The van der Waals surface area contributed by atoms with E-state index >= 15 is 0 Å². The van der Waals surface area contributed by atoms with E-state index in [1.807, 2.05) is 18.2 Å². The van der Waals surface area contributed by atoms with Crippen molar-refractivity contribution in [3.63, 3.8) is 0 Å². The Kier molecular flexibility index (Phi) is 5.20. The third kappa shape index (κ3) is 4.51. The van der Waals surface area contributed by atoms with Gasteiger partial charge in [-0.3, -0.25) is 0 Å². The lowest BCUT2D eigenvalue weighted by molar-refractivity contribution is 0.414. The van der Waals surface area contributed by atoms with Crippen LogP contribution in [0.2, 0.25) is 0 Å². The summed E-state index contributed by atoms with van der Waals surface area (Å²) < 4.78 is 5.25. The summed E-state index contributed by atoms with van der Waals surface area (Å²) in [6.07, 6.45) is 4.20. The number of nitrogens with one attached hydrogen (secondary N) is 1. The summed E-state index contributed by atoms with van der Waals surface area (Å²) in [6.45, 7) is 4.24. The van der Waals surface area contributed by atoms with Crippen molar-refractivity contribution < 1.29 is 4.74 Å². The smallest absolute Gasteiger partial charge is 0.119 e. The molecule has 1 N–H and O–H groups in total. The topological polar surface area (TPSA) is 21.3 Å². The van der Waals surface area contributed by atoms with Crippen LogP contribution in [-0.4, -0.2) is 7.11 Å². The van der Waals surface area contributed by atoms with Crippen LogP contribution in [-0.2, 0) is 0 Å². The molecule has 0 saturated heterocycles. The van der Waals surface area contributed by atoms with Gasteiger partial charge in [0, 0.05) is 11.4 Å². The first-order valence-corrected chi connectivity index (χ1v) is 8.40. The molecule has 2 heteroatoms. The standard InChI is InChI=1S/C23H23NO/c1-17-7-14-23(18(2)15-17)24-21-12-10-19(11-13-21)8-9-20-5-4-6-22(16-20)25-3/h4-16,24H,1-3H3/b9-8+. The highest BCUT2D eigenvalue weighted by Crippen LogP contribution is 2.22. The molecule has 0 unspecified atom stereocenters. The minimum atomic E-state index is 0.871. The predicted octanol–water partition coefficient (Wildman–Crippen LogP) is 6.23. The minimum absolute atomic E-state index is 0.871. The number of methoxy groups -OCH3 is 1. The number of hydrogen-bond acceptors (Lipinski definition) is 2. The molecule has 0 aliphatic rings. The van der Waals surface area contributed by atoms with Crippen molar-refractivity contribution in [2.75, 3.05) is 12.4 Å². The van der Waals surface area contributed by atoms with Gasteiger partial charge in [0.1, 0.15) is 5.75 Å². The van der Waals surface area contributed by atoms with E-state index < -0.39 is 0 Å². The highest BCUT2D eigenvalue weighted by atomic mass is 16.5. The zero-order valence-corrected chi connectivity index (χ0v) is 14.9. The number of ether oxygens (including phenoxy) is 1. The summed E-state index contributed by atoms with van der Waals surface area (Å²) in [5.74, 6) is 0.871. The van der Waals surface area contributed by atoms with Crippen molar-refractivity contribution in [1.29, 1.82) is 0 Å². The summed E-state index contributed by atoms with van der Waals surface area (Å²) in [7, 11) is 1.68. The lowest BCUT2D eigenvalue weighted by atomic mass is 10.1. The second-order valence-electron chi connectivity index (χ2n) is 6.18. The van der Waals surface area contributed by atoms with Gasteiger partial charge in [-0.05, 0) is 60.9 Å². The Bertz CT molecular complexity index is 879. The Morgan fingerprint density at radius 2 is 1.56 bits per heavy atom. The Labute approximate surface area is 149 Å². The van der Waals surface area contributed by atoms with Gasteiger partial charge >= 0.3 is 0 Å². The molecule has 3 aromatic rings. The van der Waals surface area contributed by atoms with Gasteiger partial charge in [0.25, 0.3) is 0 Å². The quantitative estimate of drug-likeness (QED) is 0.561. The lowest BCUT2D eigenvalue weighted by Gasteiger charge is -2.10. The first-order valence-electron chi connectivity index (χ1n) is 8.40. The minimum Gasteiger partial charge on any atom is -0.497 e. The Balaban J connectivity index is 1.70. The van der Waals surface area contributed by atoms with Crippen molar-refractivity contribution in [3.05, 3.63) is 89.0 Å². The van der Waals surface area contributed by atoms with Gasteiger partial charge in [-0.25, -0.2) is 0 Å². The maximum atomic E-state index is 5.25. The average Bonchev–Trinajstić information content (AvgIpc) is 2.63. The first kappa shape index (κ1) is 16.8. The van der Waals surface area contributed by atoms with E-state index in [0.29, 0.717) is 0 Å². The van der Waals surface area contributed by atoms with Gasteiger partial charge in [0.15, 0.2) is 0 Å². The fraction of sp³-hybridized carbons (Fsp3) is 0.130. The van der Waals surface area contributed by atoms with Crippen LogP contribution in [0.1, 0.15) is 22.3 Å². The number of rotatable bonds is 5. The van der Waals surface area contributed by atoms with Crippen LogP contribution in [0.3, 0.4) is 0 Å². The second-order valence-corrected chi connectivity index (χ2v) is 6.18.